The molecule has 148 valence electrons. The van der Waals surface area contributed by atoms with Crippen molar-refractivity contribution in [1.29, 1.82) is 0 Å². The first kappa shape index (κ1) is 19.5. The minimum atomic E-state index is -0.682. The number of nitro groups is 1. The van der Waals surface area contributed by atoms with Crippen LogP contribution in [0.3, 0.4) is 0 Å². The zero-order chi connectivity index (χ0) is 21.3. The van der Waals surface area contributed by atoms with Crippen LogP contribution in [0.15, 0.2) is 77.0 Å². The Bertz CT molecular complexity index is 1220. The molecule has 1 aliphatic heterocycles. The summed E-state index contributed by atoms with van der Waals surface area (Å²) in [5.41, 5.74) is 1.19. The van der Waals surface area contributed by atoms with E-state index in [2.05, 4.69) is 15.9 Å². The molecular formula is C22H12BrNO6. The summed E-state index contributed by atoms with van der Waals surface area (Å²) < 4.78 is 11.8. The largest absolute Gasteiger partial charge is 0.452 e. The molecule has 0 fully saturated rings. The monoisotopic (exact) mass is 465 g/mol. The molecule has 0 radical (unpaired) electrons. The molecule has 0 amide bonds. The number of ether oxygens (including phenoxy) is 2. The Kier molecular flexibility index (Phi) is 5.16. The highest BCUT2D eigenvalue weighted by Crippen LogP contribution is 2.35. The Balaban J connectivity index is 1.53. The molecule has 0 aromatic heterocycles. The van der Waals surface area contributed by atoms with Gasteiger partial charge in [0.15, 0.2) is 5.76 Å². The first-order valence-corrected chi connectivity index (χ1v) is 9.51. The molecule has 0 saturated heterocycles. The van der Waals surface area contributed by atoms with Gasteiger partial charge in [0, 0.05) is 22.7 Å². The number of nitrogens with zero attached hydrogens (tertiary/aromatic N) is 1. The van der Waals surface area contributed by atoms with Crippen molar-refractivity contribution in [2.75, 3.05) is 0 Å². The zero-order valence-corrected chi connectivity index (χ0v) is 16.8. The molecule has 0 atom stereocenters. The highest BCUT2D eigenvalue weighted by molar-refractivity contribution is 9.10. The number of rotatable bonds is 4. The van der Waals surface area contributed by atoms with Gasteiger partial charge in [0.1, 0.15) is 11.5 Å². The van der Waals surface area contributed by atoms with Gasteiger partial charge in [0.25, 0.3) is 5.69 Å². The Morgan fingerprint density at radius 1 is 1.07 bits per heavy atom. The number of non-ortho nitro benzene ring substituents is 1. The molecule has 0 unspecified atom stereocenters. The molecule has 0 N–H and O–H groups in total. The fraction of sp³-hybridized carbons (Fsp3) is 0. The number of benzene rings is 3. The number of esters is 1. The van der Waals surface area contributed by atoms with Crippen LogP contribution >= 0.6 is 15.9 Å². The third kappa shape index (κ3) is 3.85. The Hall–Kier alpha value is -3.78. The van der Waals surface area contributed by atoms with E-state index in [0.717, 1.165) is 10.0 Å². The van der Waals surface area contributed by atoms with Gasteiger partial charge in [-0.3, -0.25) is 14.9 Å². The van der Waals surface area contributed by atoms with Crippen LogP contribution in [0.4, 0.5) is 5.69 Å². The van der Waals surface area contributed by atoms with E-state index in [-0.39, 0.29) is 34.3 Å². The standard InChI is InChI=1S/C22H12BrNO6/c23-18-4-2-1-3-14(18)11-20-21(25)17-10-9-16(12-19(17)30-20)29-22(26)13-5-7-15(8-6-13)24(27)28/h1-12H. The fourth-order valence-corrected chi connectivity index (χ4v) is 3.25. The average molecular weight is 466 g/mol. The summed E-state index contributed by atoms with van der Waals surface area (Å²) in [5, 5.41) is 10.7. The van der Waals surface area contributed by atoms with Gasteiger partial charge in [-0.1, -0.05) is 34.1 Å². The van der Waals surface area contributed by atoms with Crippen LogP contribution < -0.4 is 9.47 Å². The summed E-state index contributed by atoms with van der Waals surface area (Å²) in [6.45, 7) is 0. The second kappa shape index (κ2) is 7.92. The first-order valence-electron chi connectivity index (χ1n) is 8.72. The summed E-state index contributed by atoms with van der Waals surface area (Å²) in [5.74, 6) is -0.317. The molecule has 0 spiro atoms. The maximum absolute atomic E-state index is 12.6. The van der Waals surface area contributed by atoms with Crippen molar-refractivity contribution in [1.82, 2.24) is 0 Å². The molecule has 1 aliphatic rings. The van der Waals surface area contributed by atoms with Crippen LogP contribution in [0, 0.1) is 10.1 Å². The summed E-state index contributed by atoms with van der Waals surface area (Å²) in [4.78, 5) is 35.0. The van der Waals surface area contributed by atoms with Crippen LogP contribution in [0.5, 0.6) is 11.5 Å². The van der Waals surface area contributed by atoms with E-state index < -0.39 is 10.9 Å². The Morgan fingerprint density at radius 2 is 1.80 bits per heavy atom. The maximum atomic E-state index is 12.6. The summed E-state index contributed by atoms with van der Waals surface area (Å²) >= 11 is 3.43. The highest BCUT2D eigenvalue weighted by Gasteiger charge is 2.28. The third-order valence-corrected chi connectivity index (χ3v) is 5.08. The quantitative estimate of drug-likeness (QED) is 0.173. The van der Waals surface area contributed by atoms with Gasteiger partial charge in [0.2, 0.25) is 5.78 Å². The van der Waals surface area contributed by atoms with Gasteiger partial charge in [-0.15, -0.1) is 0 Å². The van der Waals surface area contributed by atoms with E-state index in [9.17, 15) is 19.7 Å². The molecule has 8 heteroatoms. The van der Waals surface area contributed by atoms with Gasteiger partial charge >= 0.3 is 5.97 Å². The number of hydrogen-bond acceptors (Lipinski definition) is 6. The molecule has 1 heterocycles. The number of carbonyl (C=O) groups is 2. The summed E-state index contributed by atoms with van der Waals surface area (Å²) in [6.07, 6.45) is 1.63. The lowest BCUT2D eigenvalue weighted by molar-refractivity contribution is -0.384. The number of Topliss-reactive ketones (excluding diaryl/α,β-unsaturated/α-hetero) is 1. The van der Waals surface area contributed by atoms with Crippen LogP contribution in [0.1, 0.15) is 26.3 Å². The van der Waals surface area contributed by atoms with Crippen LogP contribution in [0.2, 0.25) is 0 Å². The van der Waals surface area contributed by atoms with Crippen molar-refractivity contribution in [3.8, 4) is 11.5 Å². The summed E-state index contributed by atoms with van der Waals surface area (Å²) in [6, 6.07) is 16.9. The third-order valence-electron chi connectivity index (χ3n) is 4.36. The predicted octanol–water partition coefficient (Wildman–Crippen LogP) is 5.19. The lowest BCUT2D eigenvalue weighted by Gasteiger charge is -2.05. The van der Waals surface area contributed by atoms with Gasteiger partial charge in [-0.25, -0.2) is 4.79 Å². The Labute approximate surface area is 178 Å². The van der Waals surface area contributed by atoms with Crippen molar-refractivity contribution in [3.63, 3.8) is 0 Å². The van der Waals surface area contributed by atoms with Gasteiger partial charge in [0.05, 0.1) is 16.1 Å². The highest BCUT2D eigenvalue weighted by atomic mass is 79.9. The molecule has 3 aromatic rings. The number of fused-ring (bicyclic) bond motifs is 1. The molecule has 4 rings (SSSR count). The molecule has 30 heavy (non-hydrogen) atoms. The second-order valence-corrected chi connectivity index (χ2v) is 7.17. The van der Waals surface area contributed by atoms with Crippen molar-refractivity contribution in [3.05, 3.63) is 104 Å². The van der Waals surface area contributed by atoms with E-state index in [1.807, 2.05) is 24.3 Å². The SMILES string of the molecule is O=C(Oc1ccc2c(c1)OC(=Cc1ccccc1Br)C2=O)c1ccc([N+](=O)[O-])cc1. The van der Waals surface area contributed by atoms with E-state index in [1.54, 1.807) is 6.08 Å². The Morgan fingerprint density at radius 3 is 2.50 bits per heavy atom. The normalized spacial score (nSPS) is 13.6. The van der Waals surface area contributed by atoms with E-state index >= 15 is 0 Å². The van der Waals surface area contributed by atoms with Crippen LogP contribution in [-0.2, 0) is 0 Å². The van der Waals surface area contributed by atoms with E-state index in [0.29, 0.717) is 5.56 Å². The topological polar surface area (TPSA) is 95.7 Å². The molecule has 7 nitrogen and oxygen atoms in total. The molecular weight excluding hydrogens is 454 g/mol. The number of halogens is 1. The van der Waals surface area contributed by atoms with E-state index in [1.165, 1.54) is 42.5 Å². The van der Waals surface area contributed by atoms with Gasteiger partial charge in [-0.05, 0) is 42.0 Å². The molecule has 0 saturated carbocycles. The predicted molar refractivity (Wildman–Crippen MR) is 112 cm³/mol. The van der Waals surface area contributed by atoms with Crippen molar-refractivity contribution < 1.29 is 24.0 Å². The van der Waals surface area contributed by atoms with Gasteiger partial charge < -0.3 is 9.47 Å². The molecule has 0 bridgehead atoms. The number of nitro benzene ring substituents is 1. The number of allylic oxidation sites excluding steroid dienone is 1. The lowest BCUT2D eigenvalue weighted by atomic mass is 10.1. The van der Waals surface area contributed by atoms with Crippen LogP contribution in [0.25, 0.3) is 6.08 Å². The van der Waals surface area contributed by atoms with Crippen molar-refractivity contribution in [2.45, 2.75) is 0 Å². The molecule has 3 aromatic carbocycles. The minimum Gasteiger partial charge on any atom is -0.452 e. The second-order valence-electron chi connectivity index (χ2n) is 6.31. The number of carbonyl (C=O) groups excluding carboxylic acids is 2. The number of hydrogen-bond donors (Lipinski definition) is 0. The average Bonchev–Trinajstić information content (AvgIpc) is 3.04. The van der Waals surface area contributed by atoms with Crippen molar-refractivity contribution >= 4 is 39.4 Å². The van der Waals surface area contributed by atoms with Gasteiger partial charge in [-0.2, -0.15) is 0 Å². The molecule has 0 aliphatic carbocycles. The summed E-state index contributed by atoms with van der Waals surface area (Å²) in [7, 11) is 0. The smallest absolute Gasteiger partial charge is 0.343 e. The first-order chi connectivity index (χ1) is 14.4. The minimum absolute atomic E-state index is 0.125. The van der Waals surface area contributed by atoms with Crippen molar-refractivity contribution in [2.24, 2.45) is 0 Å². The number of ketones is 1. The van der Waals surface area contributed by atoms with E-state index in [4.69, 9.17) is 9.47 Å². The zero-order valence-electron chi connectivity index (χ0n) is 15.2. The maximum Gasteiger partial charge on any atom is 0.343 e. The fourth-order valence-electron chi connectivity index (χ4n) is 2.85. The lowest BCUT2D eigenvalue weighted by Crippen LogP contribution is -2.08. The van der Waals surface area contributed by atoms with Crippen LogP contribution in [-0.4, -0.2) is 16.7 Å².